The Labute approximate surface area is 166 Å². The molecule has 28 heavy (non-hydrogen) atoms. The third-order valence-electron chi connectivity index (χ3n) is 6.60. The number of fused-ring (bicyclic) bond motifs is 1. The van der Waals surface area contributed by atoms with Crippen LogP contribution in [0, 0.1) is 0 Å². The van der Waals surface area contributed by atoms with Crippen molar-refractivity contribution in [3.05, 3.63) is 47.7 Å². The maximum absolute atomic E-state index is 10.0. The van der Waals surface area contributed by atoms with Gasteiger partial charge in [-0.15, -0.1) is 0 Å². The summed E-state index contributed by atoms with van der Waals surface area (Å²) in [5.74, 6) is 1.46. The topological polar surface area (TPSA) is 48.8 Å². The second-order valence-corrected chi connectivity index (χ2v) is 8.32. The molecular weight excluding hydrogens is 350 g/mol. The van der Waals surface area contributed by atoms with Gasteiger partial charge in [0.15, 0.2) is 0 Å². The third-order valence-corrected chi connectivity index (χ3v) is 6.60. The van der Waals surface area contributed by atoms with Crippen molar-refractivity contribution in [1.82, 2.24) is 9.88 Å². The van der Waals surface area contributed by atoms with Crippen molar-refractivity contribution in [2.75, 3.05) is 24.5 Å². The van der Waals surface area contributed by atoms with Crippen molar-refractivity contribution >= 4 is 5.69 Å². The largest absolute Gasteiger partial charge is 0.439 e. The van der Waals surface area contributed by atoms with Crippen LogP contribution in [0.5, 0.6) is 11.6 Å². The number of aliphatic hydroxyl groups excluding tert-OH is 1. The van der Waals surface area contributed by atoms with Crippen LogP contribution in [0.15, 0.2) is 36.5 Å². The summed E-state index contributed by atoms with van der Waals surface area (Å²) < 4.78 is 6.03. The van der Waals surface area contributed by atoms with E-state index in [1.165, 1.54) is 36.9 Å². The molecule has 0 spiro atoms. The number of aromatic nitrogens is 1. The van der Waals surface area contributed by atoms with Gasteiger partial charge in [-0.05, 0) is 67.9 Å². The molecule has 148 valence electrons. The Bertz CT molecular complexity index is 819. The monoisotopic (exact) mass is 379 g/mol. The molecule has 1 saturated carbocycles. The summed E-state index contributed by atoms with van der Waals surface area (Å²) in [7, 11) is 0. The van der Waals surface area contributed by atoms with Crippen LogP contribution in [0.25, 0.3) is 0 Å². The van der Waals surface area contributed by atoms with E-state index in [1.54, 1.807) is 6.20 Å². The highest BCUT2D eigenvalue weighted by Crippen LogP contribution is 2.30. The van der Waals surface area contributed by atoms with E-state index in [4.69, 9.17) is 4.74 Å². The molecule has 1 aromatic heterocycles. The Balaban J connectivity index is 1.26. The Hall–Kier alpha value is -2.11. The van der Waals surface area contributed by atoms with E-state index < -0.39 is 6.23 Å². The zero-order valence-electron chi connectivity index (χ0n) is 16.4. The van der Waals surface area contributed by atoms with Gasteiger partial charge in [-0.25, -0.2) is 4.98 Å². The van der Waals surface area contributed by atoms with Crippen molar-refractivity contribution in [1.29, 1.82) is 0 Å². The molecule has 1 aromatic carbocycles. The van der Waals surface area contributed by atoms with Crippen LogP contribution in [0.4, 0.5) is 5.69 Å². The molecule has 1 N–H and O–H groups in total. The quantitative estimate of drug-likeness (QED) is 0.877. The molecule has 1 aliphatic carbocycles. The fraction of sp³-hybridized carbons (Fsp3) is 0.522. The summed E-state index contributed by atoms with van der Waals surface area (Å²) in [6, 6.07) is 11.2. The number of ether oxygens (including phenoxy) is 1. The first-order chi connectivity index (χ1) is 13.8. The summed E-state index contributed by atoms with van der Waals surface area (Å²) in [5, 5.41) is 10.0. The maximum Gasteiger partial charge on any atom is 0.219 e. The number of hydrogen-bond acceptors (Lipinski definition) is 5. The van der Waals surface area contributed by atoms with Crippen molar-refractivity contribution in [3.63, 3.8) is 0 Å². The molecule has 5 heteroatoms. The predicted molar refractivity (Wildman–Crippen MR) is 110 cm³/mol. The number of benzene rings is 1. The average molecular weight is 380 g/mol. The molecule has 5 rings (SSSR count). The fourth-order valence-electron chi connectivity index (χ4n) is 4.67. The number of anilines is 1. The maximum atomic E-state index is 10.0. The molecule has 2 fully saturated rings. The van der Waals surface area contributed by atoms with Crippen LogP contribution >= 0.6 is 0 Å². The normalized spacial score (nSPS) is 23.2. The zero-order valence-corrected chi connectivity index (χ0v) is 16.4. The lowest BCUT2D eigenvalue weighted by Crippen LogP contribution is -2.41. The second kappa shape index (κ2) is 7.72. The summed E-state index contributed by atoms with van der Waals surface area (Å²) >= 11 is 0. The van der Waals surface area contributed by atoms with E-state index in [2.05, 4.69) is 28.1 Å². The van der Waals surface area contributed by atoms with Gasteiger partial charge in [0.05, 0.1) is 11.9 Å². The predicted octanol–water partition coefficient (Wildman–Crippen LogP) is 3.75. The number of aliphatic hydroxyl groups is 1. The SMILES string of the molecule is OC1CCCN1c1ccc(Oc2ccc3c(c2)CCN(C2CCC2)CC3)nc1. The van der Waals surface area contributed by atoms with Crippen LogP contribution < -0.4 is 9.64 Å². The summed E-state index contributed by atoms with van der Waals surface area (Å²) in [6.45, 7) is 3.22. The third kappa shape index (κ3) is 3.61. The molecule has 3 heterocycles. The van der Waals surface area contributed by atoms with Gasteiger partial charge in [-0.2, -0.15) is 0 Å². The second-order valence-electron chi connectivity index (χ2n) is 8.32. The van der Waals surface area contributed by atoms with E-state index in [1.807, 2.05) is 17.0 Å². The van der Waals surface area contributed by atoms with Gasteiger partial charge < -0.3 is 14.7 Å². The minimum Gasteiger partial charge on any atom is -0.439 e. The Morgan fingerprint density at radius 1 is 0.929 bits per heavy atom. The molecule has 2 aromatic rings. The van der Waals surface area contributed by atoms with Crippen LogP contribution in [-0.2, 0) is 12.8 Å². The van der Waals surface area contributed by atoms with Gasteiger partial charge in [0, 0.05) is 31.7 Å². The van der Waals surface area contributed by atoms with E-state index >= 15 is 0 Å². The zero-order chi connectivity index (χ0) is 18.9. The standard InChI is InChI=1S/C23H29N3O2/c27-23-5-2-12-26(23)20-7-9-22(24-16-20)28-21-8-6-17-10-13-25(19-3-1-4-19)14-11-18(17)15-21/h6-9,15-16,19,23,27H,1-5,10-14H2. The molecule has 0 amide bonds. The lowest BCUT2D eigenvalue weighted by Gasteiger charge is -2.36. The van der Waals surface area contributed by atoms with E-state index in [0.29, 0.717) is 5.88 Å². The average Bonchev–Trinajstić information content (AvgIpc) is 2.99. The smallest absolute Gasteiger partial charge is 0.219 e. The van der Waals surface area contributed by atoms with Gasteiger partial charge in [0.1, 0.15) is 12.0 Å². The van der Waals surface area contributed by atoms with Crippen LogP contribution in [0.1, 0.15) is 43.2 Å². The number of rotatable bonds is 4. The molecule has 2 aliphatic heterocycles. The Kier molecular flexibility index (Phi) is 4.95. The number of nitrogens with zero attached hydrogens (tertiary/aromatic N) is 3. The van der Waals surface area contributed by atoms with Crippen molar-refractivity contribution in [2.24, 2.45) is 0 Å². The number of hydrogen-bond donors (Lipinski definition) is 1. The number of pyridine rings is 1. The molecular formula is C23H29N3O2. The summed E-state index contributed by atoms with van der Waals surface area (Å²) in [4.78, 5) is 9.13. The molecule has 0 radical (unpaired) electrons. The minimum atomic E-state index is -0.391. The van der Waals surface area contributed by atoms with Gasteiger partial charge >= 0.3 is 0 Å². The van der Waals surface area contributed by atoms with Crippen molar-refractivity contribution in [2.45, 2.75) is 57.2 Å². The Morgan fingerprint density at radius 3 is 2.46 bits per heavy atom. The van der Waals surface area contributed by atoms with Crippen LogP contribution in [0.3, 0.4) is 0 Å². The Morgan fingerprint density at radius 2 is 1.79 bits per heavy atom. The first-order valence-corrected chi connectivity index (χ1v) is 10.7. The van der Waals surface area contributed by atoms with Crippen molar-refractivity contribution < 1.29 is 9.84 Å². The molecule has 1 atom stereocenters. The minimum absolute atomic E-state index is 0.391. The van der Waals surface area contributed by atoms with Crippen molar-refractivity contribution in [3.8, 4) is 11.6 Å². The first-order valence-electron chi connectivity index (χ1n) is 10.7. The molecule has 1 unspecified atom stereocenters. The van der Waals surface area contributed by atoms with Gasteiger partial charge in [-0.3, -0.25) is 4.90 Å². The summed E-state index contributed by atoms with van der Waals surface area (Å²) in [5.41, 5.74) is 3.83. The van der Waals surface area contributed by atoms with E-state index in [9.17, 15) is 5.11 Å². The summed E-state index contributed by atoms with van der Waals surface area (Å²) in [6.07, 6.45) is 9.63. The highest BCUT2D eigenvalue weighted by molar-refractivity contribution is 5.47. The van der Waals surface area contributed by atoms with E-state index in [-0.39, 0.29) is 0 Å². The van der Waals surface area contributed by atoms with Crippen LogP contribution in [0.2, 0.25) is 0 Å². The molecule has 0 bridgehead atoms. The van der Waals surface area contributed by atoms with Crippen LogP contribution in [-0.4, -0.2) is 46.9 Å². The lowest BCUT2D eigenvalue weighted by molar-refractivity contribution is 0.133. The van der Waals surface area contributed by atoms with Gasteiger partial charge in [0.25, 0.3) is 0 Å². The lowest BCUT2D eigenvalue weighted by atomic mass is 9.91. The molecule has 3 aliphatic rings. The first kappa shape index (κ1) is 18.0. The molecule has 5 nitrogen and oxygen atoms in total. The highest BCUT2D eigenvalue weighted by atomic mass is 16.5. The fourth-order valence-corrected chi connectivity index (χ4v) is 4.67. The molecule has 1 saturated heterocycles. The van der Waals surface area contributed by atoms with Gasteiger partial charge in [0.2, 0.25) is 5.88 Å². The van der Waals surface area contributed by atoms with E-state index in [0.717, 1.165) is 56.3 Å². The van der Waals surface area contributed by atoms with Gasteiger partial charge in [-0.1, -0.05) is 12.5 Å². The highest BCUT2D eigenvalue weighted by Gasteiger charge is 2.26.